The van der Waals surface area contributed by atoms with Crippen LogP contribution in [0.4, 0.5) is 0 Å². The highest BCUT2D eigenvalue weighted by Gasteiger charge is 2.28. The zero-order chi connectivity index (χ0) is 14.9. The van der Waals surface area contributed by atoms with E-state index in [2.05, 4.69) is 13.8 Å². The summed E-state index contributed by atoms with van der Waals surface area (Å²) in [5, 5.41) is 1.46. The molecule has 1 aromatic rings. The van der Waals surface area contributed by atoms with Gasteiger partial charge in [-0.15, -0.1) is 11.3 Å². The van der Waals surface area contributed by atoms with Gasteiger partial charge in [0.05, 0.1) is 5.56 Å². The SMILES string of the molecule is CC1CCC(OC(=O)c2csc(S(=O)(=O)Cl)c2)CC1C. The molecule has 1 saturated carbocycles. The first-order chi connectivity index (χ1) is 9.27. The number of thiophene rings is 1. The van der Waals surface area contributed by atoms with Crippen molar-refractivity contribution >= 4 is 37.0 Å². The maximum Gasteiger partial charge on any atom is 0.339 e. The summed E-state index contributed by atoms with van der Waals surface area (Å²) in [6.07, 6.45) is 2.69. The first-order valence-corrected chi connectivity index (χ1v) is 9.70. The van der Waals surface area contributed by atoms with Crippen molar-refractivity contribution in [1.29, 1.82) is 0 Å². The Morgan fingerprint density at radius 3 is 2.60 bits per heavy atom. The zero-order valence-electron chi connectivity index (χ0n) is 11.3. The maximum absolute atomic E-state index is 12.0. The van der Waals surface area contributed by atoms with Crippen LogP contribution < -0.4 is 0 Å². The molecule has 112 valence electrons. The molecule has 0 bridgehead atoms. The van der Waals surface area contributed by atoms with Gasteiger partial charge in [0.15, 0.2) is 0 Å². The third-order valence-electron chi connectivity index (χ3n) is 3.88. The van der Waals surface area contributed by atoms with Crippen LogP contribution in [0.3, 0.4) is 0 Å². The van der Waals surface area contributed by atoms with Crippen molar-refractivity contribution in [2.45, 2.75) is 43.4 Å². The summed E-state index contributed by atoms with van der Waals surface area (Å²) in [5.74, 6) is 0.710. The molecule has 4 nitrogen and oxygen atoms in total. The molecule has 7 heteroatoms. The Kier molecular flexibility index (Phi) is 4.76. The van der Waals surface area contributed by atoms with E-state index in [1.807, 2.05) is 0 Å². The number of hydrogen-bond donors (Lipinski definition) is 0. The lowest BCUT2D eigenvalue weighted by molar-refractivity contribution is 0.00883. The van der Waals surface area contributed by atoms with Crippen LogP contribution in [0.2, 0.25) is 0 Å². The molecule has 0 saturated heterocycles. The van der Waals surface area contributed by atoms with Gasteiger partial charge in [-0.25, -0.2) is 13.2 Å². The van der Waals surface area contributed by atoms with Crippen molar-refractivity contribution in [1.82, 2.24) is 0 Å². The number of carbonyl (C=O) groups is 1. The van der Waals surface area contributed by atoms with Gasteiger partial charge in [-0.2, -0.15) is 0 Å². The average Bonchev–Trinajstić information content (AvgIpc) is 2.83. The van der Waals surface area contributed by atoms with Gasteiger partial charge in [-0.1, -0.05) is 13.8 Å². The smallest absolute Gasteiger partial charge is 0.339 e. The van der Waals surface area contributed by atoms with Crippen LogP contribution in [0, 0.1) is 11.8 Å². The number of ether oxygens (including phenoxy) is 1. The average molecular weight is 337 g/mol. The van der Waals surface area contributed by atoms with Crippen molar-refractivity contribution in [3.8, 4) is 0 Å². The Labute approximate surface area is 127 Å². The Hall–Kier alpha value is -0.590. The van der Waals surface area contributed by atoms with E-state index in [9.17, 15) is 13.2 Å². The first-order valence-electron chi connectivity index (χ1n) is 6.51. The molecule has 0 spiro atoms. The highest BCUT2D eigenvalue weighted by atomic mass is 35.7. The monoisotopic (exact) mass is 336 g/mol. The fourth-order valence-electron chi connectivity index (χ4n) is 2.38. The van der Waals surface area contributed by atoms with Crippen LogP contribution in [-0.2, 0) is 13.8 Å². The summed E-state index contributed by atoms with van der Waals surface area (Å²) in [6, 6.07) is 1.27. The second-order valence-corrected chi connectivity index (χ2v) is 9.09. The van der Waals surface area contributed by atoms with Crippen molar-refractivity contribution in [2.24, 2.45) is 11.8 Å². The molecule has 0 aromatic carbocycles. The first kappa shape index (κ1) is 15.8. The highest BCUT2D eigenvalue weighted by Crippen LogP contribution is 2.32. The van der Waals surface area contributed by atoms with Crippen LogP contribution in [-0.4, -0.2) is 20.5 Å². The van der Waals surface area contributed by atoms with Crippen molar-refractivity contribution in [3.63, 3.8) is 0 Å². The molecule has 0 radical (unpaired) electrons. The highest BCUT2D eigenvalue weighted by molar-refractivity contribution is 8.15. The van der Waals surface area contributed by atoms with Crippen molar-refractivity contribution < 1.29 is 17.9 Å². The number of carbonyl (C=O) groups excluding carboxylic acids is 1. The van der Waals surface area contributed by atoms with Gasteiger partial charge in [0, 0.05) is 16.1 Å². The second kappa shape index (κ2) is 6.03. The third-order valence-corrected chi connectivity index (χ3v) is 6.92. The summed E-state index contributed by atoms with van der Waals surface area (Å²) in [7, 11) is 1.45. The van der Waals surface area contributed by atoms with E-state index in [0.29, 0.717) is 11.8 Å². The predicted molar refractivity (Wildman–Crippen MR) is 78.7 cm³/mol. The molecule has 1 aliphatic rings. The fourth-order valence-corrected chi connectivity index (χ4v) is 4.31. The molecule has 0 N–H and O–H groups in total. The van der Waals surface area contributed by atoms with Crippen LogP contribution in [0.5, 0.6) is 0 Å². The second-order valence-electron chi connectivity index (χ2n) is 5.39. The van der Waals surface area contributed by atoms with Gasteiger partial charge in [-0.05, 0) is 37.2 Å². The molecule has 0 amide bonds. The van der Waals surface area contributed by atoms with E-state index in [-0.39, 0.29) is 15.9 Å². The summed E-state index contributed by atoms with van der Waals surface area (Å²) in [5.41, 5.74) is 0.250. The number of esters is 1. The standard InChI is InChI=1S/C13H17ClO4S2/c1-8-3-4-11(5-9(8)2)18-13(15)10-6-12(19-7-10)20(14,16)17/h6-9,11H,3-5H2,1-2H3. The van der Waals surface area contributed by atoms with Gasteiger partial charge in [0.25, 0.3) is 9.05 Å². The minimum Gasteiger partial charge on any atom is -0.459 e. The third kappa shape index (κ3) is 3.74. The lowest BCUT2D eigenvalue weighted by atomic mass is 9.80. The zero-order valence-corrected chi connectivity index (χ0v) is 13.7. The Morgan fingerprint density at radius 1 is 1.35 bits per heavy atom. The van der Waals surface area contributed by atoms with Crippen LogP contribution >= 0.6 is 22.0 Å². The summed E-state index contributed by atoms with van der Waals surface area (Å²) in [6.45, 7) is 4.37. The van der Waals surface area contributed by atoms with E-state index < -0.39 is 15.0 Å². The molecule has 1 fully saturated rings. The van der Waals surface area contributed by atoms with Crippen LogP contribution in [0.25, 0.3) is 0 Å². The molecule has 1 heterocycles. The van der Waals surface area contributed by atoms with E-state index in [1.54, 1.807) is 0 Å². The lowest BCUT2D eigenvalue weighted by Gasteiger charge is -2.31. The van der Waals surface area contributed by atoms with Crippen LogP contribution in [0.15, 0.2) is 15.7 Å². The summed E-state index contributed by atoms with van der Waals surface area (Å²) < 4.78 is 27.7. The van der Waals surface area contributed by atoms with Crippen molar-refractivity contribution in [2.75, 3.05) is 0 Å². The lowest BCUT2D eigenvalue weighted by Crippen LogP contribution is -2.28. The minimum atomic E-state index is -3.78. The van der Waals surface area contributed by atoms with E-state index in [1.165, 1.54) is 11.4 Å². The van der Waals surface area contributed by atoms with E-state index >= 15 is 0 Å². The largest absolute Gasteiger partial charge is 0.459 e. The Morgan fingerprint density at radius 2 is 2.05 bits per heavy atom. The van der Waals surface area contributed by atoms with Gasteiger partial charge in [0.1, 0.15) is 10.3 Å². The normalized spacial score (nSPS) is 27.2. The maximum atomic E-state index is 12.0. The minimum absolute atomic E-state index is 0.0308. The summed E-state index contributed by atoms with van der Waals surface area (Å²) in [4.78, 5) is 12.0. The Bertz CT molecular complexity index is 593. The molecule has 1 aromatic heterocycles. The molecule has 0 aliphatic heterocycles. The molecule has 3 atom stereocenters. The number of hydrogen-bond acceptors (Lipinski definition) is 5. The molecular weight excluding hydrogens is 320 g/mol. The van der Waals surface area contributed by atoms with Gasteiger partial charge < -0.3 is 4.74 Å². The van der Waals surface area contributed by atoms with E-state index in [4.69, 9.17) is 15.4 Å². The van der Waals surface area contributed by atoms with Crippen molar-refractivity contribution in [3.05, 3.63) is 17.0 Å². The fraction of sp³-hybridized carbons (Fsp3) is 0.615. The molecular formula is C13H17ClO4S2. The molecule has 2 rings (SSSR count). The molecule has 3 unspecified atom stereocenters. The predicted octanol–water partition coefficient (Wildman–Crippen LogP) is 3.66. The van der Waals surface area contributed by atoms with E-state index in [0.717, 1.165) is 30.6 Å². The molecule has 1 aliphatic carbocycles. The van der Waals surface area contributed by atoms with Gasteiger partial charge in [0.2, 0.25) is 0 Å². The summed E-state index contributed by atoms with van der Waals surface area (Å²) >= 11 is 0.927. The topological polar surface area (TPSA) is 60.4 Å². The van der Waals surface area contributed by atoms with Gasteiger partial charge in [-0.3, -0.25) is 0 Å². The van der Waals surface area contributed by atoms with Gasteiger partial charge >= 0.3 is 5.97 Å². The Balaban J connectivity index is 2.00. The number of rotatable bonds is 3. The quantitative estimate of drug-likeness (QED) is 0.624. The van der Waals surface area contributed by atoms with Crippen LogP contribution in [0.1, 0.15) is 43.5 Å². The number of halogens is 1. The molecule has 20 heavy (non-hydrogen) atoms.